The third-order valence-electron chi connectivity index (χ3n) is 6.91. The van der Waals surface area contributed by atoms with Crippen LogP contribution in [-0.4, -0.2) is 55.6 Å². The maximum atomic E-state index is 6.68. The van der Waals surface area contributed by atoms with Crippen LogP contribution in [0.15, 0.2) is 98.1 Å². The van der Waals surface area contributed by atoms with Crippen LogP contribution in [0.5, 0.6) is 0 Å². The second-order valence-corrected chi connectivity index (χ2v) is 10.4. The van der Waals surface area contributed by atoms with Gasteiger partial charge in [-0.15, -0.1) is 13.2 Å². The first-order valence-corrected chi connectivity index (χ1v) is 13.8. The second kappa shape index (κ2) is 14.7. The first-order valence-electron chi connectivity index (χ1n) is 13.8. The highest BCUT2D eigenvalue weighted by atomic mass is 16.7. The minimum Gasteiger partial charge on any atom is -0.374 e. The van der Waals surface area contributed by atoms with Crippen LogP contribution < -0.4 is 0 Å². The zero-order valence-corrected chi connectivity index (χ0v) is 23.2. The van der Waals surface area contributed by atoms with Crippen LogP contribution in [-0.2, 0) is 41.6 Å². The predicted molar refractivity (Wildman–Crippen MR) is 152 cm³/mol. The van der Waals surface area contributed by atoms with Crippen LogP contribution in [0.1, 0.15) is 37.8 Å². The van der Waals surface area contributed by atoms with Gasteiger partial charge in [0.2, 0.25) is 0 Å². The van der Waals surface area contributed by atoms with Crippen LogP contribution in [0.4, 0.5) is 0 Å². The molecule has 0 aromatic heterocycles. The zero-order valence-electron chi connectivity index (χ0n) is 23.2. The van der Waals surface area contributed by atoms with Gasteiger partial charge in [-0.3, -0.25) is 0 Å². The third kappa shape index (κ3) is 8.97. The van der Waals surface area contributed by atoms with Crippen molar-refractivity contribution in [2.45, 2.75) is 82.3 Å². The van der Waals surface area contributed by atoms with Crippen molar-refractivity contribution in [1.29, 1.82) is 0 Å². The molecule has 1 fully saturated rings. The Morgan fingerprint density at radius 3 is 2.08 bits per heavy atom. The standard InChI is InChI=1S/C33H42O6/c1-5-27-30(38-32-24-36-33(3,4)39-28(32)6-2)20-14-13-19-29(35-22-26-17-11-8-12-18-26)31(37-27)23-34-21-25-15-9-7-10-16-25/h5-18,27-32H,1-2,19-24H2,3-4H3/b14-13-/t27-,28+,29-,30+,31+,32-/m0/s1. The van der Waals surface area contributed by atoms with Gasteiger partial charge in [-0.2, -0.15) is 0 Å². The molecule has 2 aliphatic rings. The highest BCUT2D eigenvalue weighted by molar-refractivity contribution is 5.14. The Bertz CT molecular complexity index is 1040. The molecule has 0 bridgehead atoms. The monoisotopic (exact) mass is 534 g/mol. The number of hydrogen-bond donors (Lipinski definition) is 0. The Kier molecular flexibility index (Phi) is 11.1. The van der Waals surface area contributed by atoms with Crippen molar-refractivity contribution < 1.29 is 28.4 Å². The number of hydrogen-bond acceptors (Lipinski definition) is 6. The fourth-order valence-electron chi connectivity index (χ4n) is 4.79. The summed E-state index contributed by atoms with van der Waals surface area (Å²) >= 11 is 0. The summed E-state index contributed by atoms with van der Waals surface area (Å²) in [6.45, 7) is 13.6. The molecule has 0 N–H and O–H groups in total. The largest absolute Gasteiger partial charge is 0.374 e. The van der Waals surface area contributed by atoms with Gasteiger partial charge in [0.15, 0.2) is 5.79 Å². The molecule has 210 valence electrons. The van der Waals surface area contributed by atoms with Gasteiger partial charge in [0, 0.05) is 0 Å². The minimum absolute atomic E-state index is 0.207. The van der Waals surface area contributed by atoms with E-state index in [1.54, 1.807) is 12.2 Å². The maximum Gasteiger partial charge on any atom is 0.163 e. The lowest BCUT2D eigenvalue weighted by molar-refractivity contribution is -0.307. The van der Waals surface area contributed by atoms with E-state index < -0.39 is 5.79 Å². The summed E-state index contributed by atoms with van der Waals surface area (Å²) in [5.74, 6) is -0.685. The Hall–Kier alpha value is -2.58. The molecule has 6 atom stereocenters. The van der Waals surface area contributed by atoms with E-state index in [0.29, 0.717) is 39.3 Å². The van der Waals surface area contributed by atoms with Gasteiger partial charge < -0.3 is 28.4 Å². The van der Waals surface area contributed by atoms with Gasteiger partial charge in [0.05, 0.1) is 38.6 Å². The van der Waals surface area contributed by atoms with Crippen molar-refractivity contribution in [3.63, 3.8) is 0 Å². The van der Waals surface area contributed by atoms with Crippen molar-refractivity contribution in [3.8, 4) is 0 Å². The Morgan fingerprint density at radius 1 is 0.821 bits per heavy atom. The molecule has 2 aromatic rings. The van der Waals surface area contributed by atoms with Gasteiger partial charge in [0.1, 0.15) is 24.4 Å². The van der Waals surface area contributed by atoms with E-state index in [9.17, 15) is 0 Å². The number of rotatable bonds is 11. The molecule has 0 aliphatic carbocycles. The first-order chi connectivity index (χ1) is 19.0. The zero-order chi connectivity index (χ0) is 27.5. The molecule has 6 nitrogen and oxygen atoms in total. The molecule has 2 aromatic carbocycles. The van der Waals surface area contributed by atoms with E-state index in [1.807, 2.05) is 50.2 Å². The molecule has 0 spiro atoms. The Labute approximate surface area is 233 Å². The van der Waals surface area contributed by atoms with E-state index in [1.165, 1.54) is 0 Å². The molecular weight excluding hydrogens is 492 g/mol. The molecule has 6 heteroatoms. The third-order valence-corrected chi connectivity index (χ3v) is 6.91. The van der Waals surface area contributed by atoms with E-state index in [2.05, 4.69) is 49.6 Å². The average molecular weight is 535 g/mol. The van der Waals surface area contributed by atoms with Crippen LogP contribution in [0.2, 0.25) is 0 Å². The van der Waals surface area contributed by atoms with Gasteiger partial charge in [0.25, 0.3) is 0 Å². The van der Waals surface area contributed by atoms with E-state index in [0.717, 1.165) is 11.1 Å². The highest BCUT2D eigenvalue weighted by Gasteiger charge is 2.39. The van der Waals surface area contributed by atoms with Crippen LogP contribution in [0.3, 0.4) is 0 Å². The molecule has 0 saturated carbocycles. The van der Waals surface area contributed by atoms with Gasteiger partial charge in [-0.1, -0.05) is 85.0 Å². The molecule has 39 heavy (non-hydrogen) atoms. The minimum atomic E-state index is -0.685. The normalized spacial score (nSPS) is 29.9. The summed E-state index contributed by atoms with van der Waals surface area (Å²) in [6, 6.07) is 20.3. The van der Waals surface area contributed by atoms with Gasteiger partial charge >= 0.3 is 0 Å². The van der Waals surface area contributed by atoms with Crippen molar-refractivity contribution in [3.05, 3.63) is 109 Å². The molecule has 2 heterocycles. The second-order valence-electron chi connectivity index (χ2n) is 10.4. The SMILES string of the molecule is C=C[C@@H]1O[C@H](COCc2ccccc2)[C@@H](OCc2ccccc2)C/C=C\C[C@H]1O[C@H]1COC(C)(C)O[C@@H]1C=C. The quantitative estimate of drug-likeness (QED) is 0.322. The molecule has 0 unspecified atom stereocenters. The van der Waals surface area contributed by atoms with Crippen LogP contribution in [0.25, 0.3) is 0 Å². The lowest BCUT2D eigenvalue weighted by Crippen LogP contribution is -2.51. The average Bonchev–Trinajstić information content (AvgIpc) is 3.03. The van der Waals surface area contributed by atoms with Gasteiger partial charge in [-0.05, 0) is 37.8 Å². The molecule has 4 rings (SSSR count). The topological polar surface area (TPSA) is 55.4 Å². The Balaban J connectivity index is 1.47. The summed E-state index contributed by atoms with van der Waals surface area (Å²) in [6.07, 6.45) is 7.40. The predicted octanol–water partition coefficient (Wildman–Crippen LogP) is 6.17. The van der Waals surface area contributed by atoms with Crippen molar-refractivity contribution >= 4 is 0 Å². The molecule has 2 aliphatic heterocycles. The molecule has 0 radical (unpaired) electrons. The summed E-state index contributed by atoms with van der Waals surface area (Å²) in [7, 11) is 0. The fourth-order valence-corrected chi connectivity index (χ4v) is 4.79. The molecule has 0 amide bonds. The number of benzene rings is 2. The summed E-state index contributed by atoms with van der Waals surface area (Å²) in [4.78, 5) is 0. The van der Waals surface area contributed by atoms with Crippen LogP contribution in [0, 0.1) is 0 Å². The lowest BCUT2D eigenvalue weighted by atomic mass is 10.1. The van der Waals surface area contributed by atoms with E-state index >= 15 is 0 Å². The summed E-state index contributed by atoms with van der Waals surface area (Å²) < 4.78 is 37.8. The maximum absolute atomic E-state index is 6.68. The number of ether oxygens (including phenoxy) is 6. The van der Waals surface area contributed by atoms with E-state index in [4.69, 9.17) is 28.4 Å². The summed E-state index contributed by atoms with van der Waals surface area (Å²) in [5, 5.41) is 0. The van der Waals surface area contributed by atoms with Gasteiger partial charge in [-0.25, -0.2) is 0 Å². The van der Waals surface area contributed by atoms with Crippen molar-refractivity contribution in [2.24, 2.45) is 0 Å². The van der Waals surface area contributed by atoms with Crippen LogP contribution >= 0.6 is 0 Å². The fraction of sp³-hybridized carbons (Fsp3) is 0.455. The highest BCUT2D eigenvalue weighted by Crippen LogP contribution is 2.28. The molecule has 1 saturated heterocycles. The van der Waals surface area contributed by atoms with Crippen molar-refractivity contribution in [2.75, 3.05) is 13.2 Å². The summed E-state index contributed by atoms with van der Waals surface area (Å²) in [5.41, 5.74) is 2.22. The molecular formula is C33H42O6. The first kappa shape index (κ1) is 29.4. The smallest absolute Gasteiger partial charge is 0.163 e. The Morgan fingerprint density at radius 2 is 1.44 bits per heavy atom. The van der Waals surface area contributed by atoms with Crippen molar-refractivity contribution in [1.82, 2.24) is 0 Å². The lowest BCUT2D eigenvalue weighted by Gasteiger charge is -2.41. The van der Waals surface area contributed by atoms with E-state index in [-0.39, 0.29) is 36.6 Å².